The lowest BCUT2D eigenvalue weighted by atomic mass is 10.4. The number of esters is 1. The zero-order valence-corrected chi connectivity index (χ0v) is 11.6. The predicted molar refractivity (Wildman–Crippen MR) is 72.2 cm³/mol. The Hall–Kier alpha value is -1.24. The molecule has 96 valence electrons. The second-order valence-electron chi connectivity index (χ2n) is 3.52. The molecule has 18 heavy (non-hydrogen) atoms. The van der Waals surface area contributed by atoms with E-state index < -0.39 is 0 Å². The monoisotopic (exact) mass is 283 g/mol. The van der Waals surface area contributed by atoms with Crippen LogP contribution in [0, 0.1) is 0 Å². The molecule has 0 unspecified atom stereocenters. The summed E-state index contributed by atoms with van der Waals surface area (Å²) in [6.07, 6.45) is 2.27. The molecule has 0 saturated heterocycles. The predicted octanol–water partition coefficient (Wildman–Crippen LogP) is 3.06. The lowest BCUT2D eigenvalue weighted by Gasteiger charge is -2.01. The highest BCUT2D eigenvalue weighted by Gasteiger charge is 2.12. The average molecular weight is 283 g/mol. The lowest BCUT2D eigenvalue weighted by Crippen LogP contribution is -2.06. The molecular formula is C12H13NO3S2. The van der Waals surface area contributed by atoms with Crippen LogP contribution in [-0.2, 0) is 9.47 Å². The molecule has 6 heteroatoms. The van der Waals surface area contributed by atoms with Crippen LogP contribution < -0.4 is 0 Å². The van der Waals surface area contributed by atoms with E-state index >= 15 is 0 Å². The van der Waals surface area contributed by atoms with Gasteiger partial charge in [-0.25, -0.2) is 9.78 Å². The van der Waals surface area contributed by atoms with Crippen LogP contribution in [0.25, 0.3) is 10.6 Å². The smallest absolute Gasteiger partial charge is 0.349 e. The van der Waals surface area contributed by atoms with Crippen LogP contribution in [-0.4, -0.2) is 31.3 Å². The molecule has 0 bridgehead atoms. The third kappa shape index (κ3) is 3.38. The largest absolute Gasteiger partial charge is 0.461 e. The minimum absolute atomic E-state index is 0.315. The Morgan fingerprint density at radius 1 is 1.44 bits per heavy atom. The number of thiazole rings is 1. The quantitative estimate of drug-likeness (QED) is 0.604. The summed E-state index contributed by atoms with van der Waals surface area (Å²) in [5.74, 6) is -0.315. The number of carbonyl (C=O) groups is 1. The molecule has 4 nitrogen and oxygen atoms in total. The first kappa shape index (κ1) is 13.2. The Bertz CT molecular complexity index is 493. The van der Waals surface area contributed by atoms with E-state index in [4.69, 9.17) is 9.47 Å². The molecule has 0 radical (unpaired) electrons. The topological polar surface area (TPSA) is 48.4 Å². The van der Waals surface area contributed by atoms with Gasteiger partial charge in [0, 0.05) is 31.1 Å². The summed E-state index contributed by atoms with van der Waals surface area (Å²) in [4.78, 5) is 16.5. The Labute approximate surface area is 113 Å². The van der Waals surface area contributed by atoms with Crippen molar-refractivity contribution in [1.29, 1.82) is 0 Å². The fourth-order valence-corrected chi connectivity index (χ4v) is 2.85. The van der Waals surface area contributed by atoms with Gasteiger partial charge in [0.2, 0.25) is 0 Å². The van der Waals surface area contributed by atoms with Gasteiger partial charge >= 0.3 is 5.97 Å². The van der Waals surface area contributed by atoms with Crippen molar-refractivity contribution in [2.24, 2.45) is 0 Å². The average Bonchev–Trinajstić information content (AvgIpc) is 3.03. The molecule has 0 saturated carbocycles. The minimum Gasteiger partial charge on any atom is -0.461 e. The fraction of sp³-hybridized carbons (Fsp3) is 0.333. The Morgan fingerprint density at radius 3 is 3.06 bits per heavy atom. The molecule has 2 rings (SSSR count). The standard InChI is InChI=1S/C12H13NO3S2/c1-15-4-2-5-16-12(14)10-7-13-11(18-10)9-3-6-17-8-9/h3,6-8H,2,4-5H2,1H3. The van der Waals surface area contributed by atoms with Crippen LogP contribution >= 0.6 is 22.7 Å². The highest BCUT2D eigenvalue weighted by atomic mass is 32.1. The van der Waals surface area contributed by atoms with Crippen LogP contribution in [0.15, 0.2) is 23.0 Å². The molecule has 0 aliphatic heterocycles. The Kier molecular flexibility index (Phi) is 4.86. The first-order valence-electron chi connectivity index (χ1n) is 5.45. The number of thiophene rings is 1. The van der Waals surface area contributed by atoms with E-state index in [1.807, 2.05) is 16.8 Å². The van der Waals surface area contributed by atoms with E-state index in [0.717, 1.165) is 10.6 Å². The maximum absolute atomic E-state index is 11.7. The number of hydrogen-bond donors (Lipinski definition) is 0. The molecule has 0 amide bonds. The first-order valence-corrected chi connectivity index (χ1v) is 7.21. The van der Waals surface area contributed by atoms with Crippen LogP contribution in [0.2, 0.25) is 0 Å². The lowest BCUT2D eigenvalue weighted by molar-refractivity contribution is 0.0474. The van der Waals surface area contributed by atoms with Gasteiger partial charge in [0.25, 0.3) is 0 Å². The van der Waals surface area contributed by atoms with Crippen molar-refractivity contribution in [2.45, 2.75) is 6.42 Å². The van der Waals surface area contributed by atoms with Crippen molar-refractivity contribution < 1.29 is 14.3 Å². The molecule has 0 N–H and O–H groups in total. The number of rotatable bonds is 6. The van der Waals surface area contributed by atoms with Gasteiger partial charge in [-0.05, 0) is 11.4 Å². The minimum atomic E-state index is -0.315. The van der Waals surface area contributed by atoms with Crippen LogP contribution in [0.5, 0.6) is 0 Å². The zero-order valence-electron chi connectivity index (χ0n) is 9.92. The van der Waals surface area contributed by atoms with Gasteiger partial charge in [0.15, 0.2) is 0 Å². The number of ether oxygens (including phenoxy) is 2. The van der Waals surface area contributed by atoms with Gasteiger partial charge in [-0.3, -0.25) is 0 Å². The SMILES string of the molecule is COCCCOC(=O)c1cnc(-c2ccsc2)s1. The molecule has 0 fully saturated rings. The molecule has 2 aromatic rings. The second kappa shape index (κ2) is 6.63. The molecule has 2 heterocycles. The Morgan fingerprint density at radius 2 is 2.33 bits per heavy atom. The van der Waals surface area contributed by atoms with E-state index in [9.17, 15) is 4.79 Å². The highest BCUT2D eigenvalue weighted by Crippen LogP contribution is 2.27. The summed E-state index contributed by atoms with van der Waals surface area (Å²) < 4.78 is 10.00. The van der Waals surface area contributed by atoms with Crippen LogP contribution in [0.4, 0.5) is 0 Å². The van der Waals surface area contributed by atoms with Crippen molar-refractivity contribution in [1.82, 2.24) is 4.98 Å². The molecule has 2 aromatic heterocycles. The third-order valence-electron chi connectivity index (χ3n) is 2.20. The van der Waals surface area contributed by atoms with Gasteiger partial charge in [-0.2, -0.15) is 11.3 Å². The maximum Gasteiger partial charge on any atom is 0.349 e. The Balaban J connectivity index is 1.91. The van der Waals surface area contributed by atoms with E-state index in [2.05, 4.69) is 4.98 Å². The van der Waals surface area contributed by atoms with Gasteiger partial charge in [-0.1, -0.05) is 0 Å². The molecule has 0 aliphatic carbocycles. The van der Waals surface area contributed by atoms with Gasteiger partial charge in [0.05, 0.1) is 12.8 Å². The number of carbonyl (C=O) groups excluding carboxylic acids is 1. The van der Waals surface area contributed by atoms with Crippen molar-refractivity contribution in [3.63, 3.8) is 0 Å². The van der Waals surface area contributed by atoms with Crippen molar-refractivity contribution in [2.75, 3.05) is 20.3 Å². The fourth-order valence-electron chi connectivity index (χ4n) is 1.33. The molecule has 0 atom stereocenters. The number of methoxy groups -OCH3 is 1. The number of nitrogens with zero attached hydrogens (tertiary/aromatic N) is 1. The number of aromatic nitrogens is 1. The van der Waals surface area contributed by atoms with Gasteiger partial charge in [0.1, 0.15) is 9.88 Å². The summed E-state index contributed by atoms with van der Waals surface area (Å²) in [6, 6.07) is 1.98. The van der Waals surface area contributed by atoms with Crippen LogP contribution in [0.1, 0.15) is 16.1 Å². The molecule has 0 aromatic carbocycles. The number of hydrogen-bond acceptors (Lipinski definition) is 6. The van der Waals surface area contributed by atoms with Gasteiger partial charge < -0.3 is 9.47 Å². The van der Waals surface area contributed by atoms with Crippen molar-refractivity contribution in [3.8, 4) is 10.6 Å². The van der Waals surface area contributed by atoms with Crippen LogP contribution in [0.3, 0.4) is 0 Å². The summed E-state index contributed by atoms with van der Waals surface area (Å²) >= 11 is 2.96. The molecule has 0 spiro atoms. The van der Waals surface area contributed by atoms with Gasteiger partial charge in [-0.15, -0.1) is 11.3 Å². The van der Waals surface area contributed by atoms with E-state index in [-0.39, 0.29) is 5.97 Å². The second-order valence-corrected chi connectivity index (χ2v) is 5.33. The zero-order chi connectivity index (χ0) is 12.8. The first-order chi connectivity index (χ1) is 8.81. The highest BCUT2D eigenvalue weighted by molar-refractivity contribution is 7.17. The van der Waals surface area contributed by atoms with E-state index in [1.54, 1.807) is 24.6 Å². The summed E-state index contributed by atoms with van der Waals surface area (Å²) in [5.41, 5.74) is 1.04. The summed E-state index contributed by atoms with van der Waals surface area (Å²) in [6.45, 7) is 0.967. The summed E-state index contributed by atoms with van der Waals surface area (Å²) in [7, 11) is 1.62. The van der Waals surface area contributed by atoms with Crippen molar-refractivity contribution >= 4 is 28.6 Å². The van der Waals surface area contributed by atoms with E-state index in [0.29, 0.717) is 24.5 Å². The van der Waals surface area contributed by atoms with E-state index in [1.165, 1.54) is 11.3 Å². The van der Waals surface area contributed by atoms with Crippen molar-refractivity contribution in [3.05, 3.63) is 27.9 Å². The maximum atomic E-state index is 11.7. The normalized spacial score (nSPS) is 10.5. The molecular weight excluding hydrogens is 270 g/mol. The molecule has 0 aliphatic rings. The third-order valence-corrected chi connectivity index (χ3v) is 3.91. The summed E-state index contributed by atoms with van der Waals surface area (Å²) in [5, 5.41) is 4.84.